The van der Waals surface area contributed by atoms with Crippen molar-refractivity contribution >= 4 is 50.7 Å². The predicted molar refractivity (Wildman–Crippen MR) is 137 cm³/mol. The molecule has 0 saturated heterocycles. The van der Waals surface area contributed by atoms with Crippen molar-refractivity contribution in [3.05, 3.63) is 52.0 Å². The number of carbonyl (C=O) groups excluding carboxylic acids is 2. The molecule has 0 bridgehead atoms. The molecule has 2 rings (SSSR count). The topological polar surface area (TPSA) is 105 Å². The van der Waals surface area contributed by atoms with E-state index >= 15 is 0 Å². The highest BCUT2D eigenvalue weighted by molar-refractivity contribution is 7.92. The number of hydrogen-bond donors (Lipinski definition) is 1. The number of rotatable bonds is 11. The van der Waals surface area contributed by atoms with Gasteiger partial charge in [-0.15, -0.1) is 0 Å². The van der Waals surface area contributed by atoms with Gasteiger partial charge in [-0.3, -0.25) is 13.9 Å². The molecular weight excluding hydrogens is 517 g/mol. The molecule has 9 nitrogen and oxygen atoms in total. The van der Waals surface area contributed by atoms with Crippen LogP contribution in [0.25, 0.3) is 0 Å². The van der Waals surface area contributed by atoms with E-state index in [4.69, 9.17) is 32.7 Å². The zero-order valence-corrected chi connectivity index (χ0v) is 22.5. The summed E-state index contributed by atoms with van der Waals surface area (Å²) in [5.41, 5.74) is 0.833. The van der Waals surface area contributed by atoms with Gasteiger partial charge in [0.2, 0.25) is 21.8 Å². The molecule has 12 heteroatoms. The van der Waals surface area contributed by atoms with Crippen molar-refractivity contribution < 1.29 is 27.5 Å². The maximum atomic E-state index is 13.5. The van der Waals surface area contributed by atoms with Crippen molar-refractivity contribution in [1.82, 2.24) is 10.2 Å². The van der Waals surface area contributed by atoms with Gasteiger partial charge < -0.3 is 19.7 Å². The summed E-state index contributed by atoms with van der Waals surface area (Å²) in [5, 5.41) is 3.33. The highest BCUT2D eigenvalue weighted by atomic mass is 35.5. The second-order valence-electron chi connectivity index (χ2n) is 7.65. The average molecular weight is 546 g/mol. The van der Waals surface area contributed by atoms with Crippen LogP contribution in [0.4, 0.5) is 5.69 Å². The van der Waals surface area contributed by atoms with Crippen LogP contribution >= 0.6 is 23.2 Å². The number of anilines is 1. The first kappa shape index (κ1) is 28.5. The maximum absolute atomic E-state index is 13.5. The summed E-state index contributed by atoms with van der Waals surface area (Å²) in [7, 11) is -1.00. The molecule has 2 aromatic carbocycles. The largest absolute Gasteiger partial charge is 0.493 e. The Labute approximate surface area is 215 Å². The van der Waals surface area contributed by atoms with E-state index in [1.807, 2.05) is 0 Å². The number of methoxy groups -OCH3 is 2. The first-order valence-electron chi connectivity index (χ1n) is 10.6. The molecule has 192 valence electrons. The molecule has 0 spiro atoms. The first-order chi connectivity index (χ1) is 16.4. The lowest BCUT2D eigenvalue weighted by molar-refractivity contribution is -0.139. The highest BCUT2D eigenvalue weighted by Crippen LogP contribution is 2.32. The molecular formula is C23H29Cl2N3O6S. The van der Waals surface area contributed by atoms with E-state index < -0.39 is 28.5 Å². The number of amides is 2. The molecule has 0 aliphatic carbocycles. The highest BCUT2D eigenvalue weighted by Gasteiger charge is 2.30. The second-order valence-corrected chi connectivity index (χ2v) is 10.4. The number of hydrogen-bond acceptors (Lipinski definition) is 6. The first-order valence-corrected chi connectivity index (χ1v) is 13.2. The number of sulfonamides is 1. The summed E-state index contributed by atoms with van der Waals surface area (Å²) in [5.74, 6) is -0.260. The minimum Gasteiger partial charge on any atom is -0.493 e. The van der Waals surface area contributed by atoms with Crippen LogP contribution in [0.2, 0.25) is 10.0 Å². The molecule has 2 aromatic rings. The lowest BCUT2D eigenvalue weighted by atomic mass is 10.1. The molecule has 2 amide bonds. The van der Waals surface area contributed by atoms with Crippen LogP contribution in [-0.2, 0) is 26.2 Å². The predicted octanol–water partition coefficient (Wildman–Crippen LogP) is 3.33. The van der Waals surface area contributed by atoms with Crippen LogP contribution < -0.4 is 19.1 Å². The number of benzene rings is 2. The quantitative estimate of drug-likeness (QED) is 0.464. The maximum Gasteiger partial charge on any atom is 0.244 e. The number of halogens is 2. The standard InChI is InChI=1S/C23H29Cl2N3O6S/c1-6-26-23(30)15(2)27(13-16-7-9-18(24)19(25)11-16)22(29)14-28(35(5,31)32)17-8-10-20(33-3)21(12-17)34-4/h7-12,15H,6,13-14H2,1-5H3,(H,26,30)/t15-/m0/s1. The van der Waals surface area contributed by atoms with Gasteiger partial charge in [-0.25, -0.2) is 8.42 Å². The van der Waals surface area contributed by atoms with E-state index in [-0.39, 0.29) is 18.1 Å². The summed E-state index contributed by atoms with van der Waals surface area (Å²) in [4.78, 5) is 27.4. The Morgan fingerprint density at radius 1 is 1.03 bits per heavy atom. The van der Waals surface area contributed by atoms with E-state index in [9.17, 15) is 18.0 Å². The van der Waals surface area contributed by atoms with Crippen LogP contribution in [0.15, 0.2) is 36.4 Å². The molecule has 0 unspecified atom stereocenters. The van der Waals surface area contributed by atoms with Gasteiger partial charge in [-0.2, -0.15) is 0 Å². The third-order valence-corrected chi connectivity index (χ3v) is 7.07. The van der Waals surface area contributed by atoms with Gasteiger partial charge in [-0.1, -0.05) is 29.3 Å². The fourth-order valence-electron chi connectivity index (χ4n) is 3.33. The normalized spacial score (nSPS) is 12.0. The average Bonchev–Trinajstić information content (AvgIpc) is 2.81. The van der Waals surface area contributed by atoms with Crippen LogP contribution in [0.1, 0.15) is 19.4 Å². The smallest absolute Gasteiger partial charge is 0.244 e. The zero-order chi connectivity index (χ0) is 26.3. The van der Waals surface area contributed by atoms with E-state index in [2.05, 4.69) is 5.32 Å². The van der Waals surface area contributed by atoms with E-state index in [1.54, 1.807) is 38.1 Å². The van der Waals surface area contributed by atoms with Crippen LogP contribution in [0, 0.1) is 0 Å². The van der Waals surface area contributed by atoms with Gasteiger partial charge in [0, 0.05) is 19.2 Å². The van der Waals surface area contributed by atoms with Crippen molar-refractivity contribution in [2.75, 3.05) is 37.9 Å². The number of nitrogens with zero attached hydrogens (tertiary/aromatic N) is 2. The van der Waals surface area contributed by atoms with Crippen LogP contribution in [-0.4, -0.2) is 64.7 Å². The zero-order valence-electron chi connectivity index (χ0n) is 20.2. The van der Waals surface area contributed by atoms with Gasteiger partial charge >= 0.3 is 0 Å². The lowest BCUT2D eigenvalue weighted by Gasteiger charge is -2.31. The van der Waals surface area contributed by atoms with Gasteiger partial charge in [0.05, 0.1) is 36.2 Å². The number of ether oxygens (including phenoxy) is 2. The molecule has 0 aliphatic rings. The molecule has 0 radical (unpaired) electrons. The third kappa shape index (κ3) is 7.39. The van der Waals surface area contributed by atoms with Crippen molar-refractivity contribution in [1.29, 1.82) is 0 Å². The molecule has 0 aromatic heterocycles. The molecule has 0 heterocycles. The van der Waals surface area contributed by atoms with E-state index in [0.29, 0.717) is 33.7 Å². The van der Waals surface area contributed by atoms with Gasteiger partial charge in [0.15, 0.2) is 11.5 Å². The van der Waals surface area contributed by atoms with Gasteiger partial charge in [0.25, 0.3) is 0 Å². The Bertz CT molecular complexity index is 1180. The molecule has 0 aliphatic heterocycles. The SMILES string of the molecule is CCNC(=O)[C@H](C)N(Cc1ccc(Cl)c(Cl)c1)C(=O)CN(c1ccc(OC)c(OC)c1)S(C)(=O)=O. The lowest BCUT2D eigenvalue weighted by Crippen LogP contribution is -2.51. The molecule has 0 saturated carbocycles. The van der Waals surface area contributed by atoms with E-state index in [1.165, 1.54) is 31.3 Å². The van der Waals surface area contributed by atoms with Crippen LogP contribution in [0.5, 0.6) is 11.5 Å². The third-order valence-electron chi connectivity index (χ3n) is 5.19. The number of likely N-dealkylation sites (N-methyl/N-ethyl adjacent to an activating group) is 1. The van der Waals surface area contributed by atoms with Crippen molar-refractivity contribution in [2.45, 2.75) is 26.4 Å². The molecule has 1 atom stereocenters. The Kier molecular flexibility index (Phi) is 10.1. The second kappa shape index (κ2) is 12.3. The minimum atomic E-state index is -3.88. The fourth-order valence-corrected chi connectivity index (χ4v) is 4.50. The Balaban J connectivity index is 2.45. The van der Waals surface area contributed by atoms with Crippen molar-refractivity contribution in [3.63, 3.8) is 0 Å². The molecule has 35 heavy (non-hydrogen) atoms. The van der Waals surface area contributed by atoms with E-state index in [0.717, 1.165) is 10.6 Å². The monoisotopic (exact) mass is 545 g/mol. The summed E-state index contributed by atoms with van der Waals surface area (Å²) in [6.45, 7) is 3.18. The van der Waals surface area contributed by atoms with Gasteiger partial charge in [0.1, 0.15) is 12.6 Å². The molecule has 1 N–H and O–H groups in total. The summed E-state index contributed by atoms with van der Waals surface area (Å²) < 4.78 is 36.8. The van der Waals surface area contributed by atoms with Crippen LogP contribution in [0.3, 0.4) is 0 Å². The number of carbonyl (C=O) groups is 2. The van der Waals surface area contributed by atoms with Crippen molar-refractivity contribution in [3.8, 4) is 11.5 Å². The Morgan fingerprint density at radius 3 is 2.23 bits per heavy atom. The minimum absolute atomic E-state index is 0.0115. The summed E-state index contributed by atoms with van der Waals surface area (Å²) in [6.07, 6.45) is 0.994. The summed E-state index contributed by atoms with van der Waals surface area (Å²) >= 11 is 12.1. The van der Waals surface area contributed by atoms with Crippen molar-refractivity contribution in [2.24, 2.45) is 0 Å². The van der Waals surface area contributed by atoms with Gasteiger partial charge in [-0.05, 0) is 43.7 Å². The molecule has 0 fully saturated rings. The fraction of sp³-hybridized carbons (Fsp3) is 0.391. The summed E-state index contributed by atoms with van der Waals surface area (Å²) in [6, 6.07) is 8.49. The number of nitrogens with one attached hydrogen (secondary N) is 1. The Hall–Kier alpha value is -2.69. The Morgan fingerprint density at radius 2 is 1.69 bits per heavy atom.